The van der Waals surface area contributed by atoms with Crippen molar-refractivity contribution in [3.8, 4) is 0 Å². The summed E-state index contributed by atoms with van der Waals surface area (Å²) in [5.74, 6) is -0.167. The van der Waals surface area contributed by atoms with Gasteiger partial charge in [-0.2, -0.15) is 0 Å². The molecule has 1 saturated heterocycles. The Balaban J connectivity index is 2.06. The first-order valence-electron chi connectivity index (χ1n) is 38.7. The molecule has 1 heterocycles. The molecule has 87 heavy (non-hydrogen) atoms. The molecule has 0 aromatic heterocycles. The van der Waals surface area contributed by atoms with Gasteiger partial charge in [-0.15, -0.1) is 0 Å². The standard InChI is InChI=1S/C78H149NO8/c1-3-5-7-9-11-13-15-17-19-21-23-25-27-29-31-32-33-34-35-36-37-38-39-40-42-44-46-48-50-52-54-56-58-60-62-64-66-68-74(82)79-71(70-86-78-77(85)76(84)75(83)73(69-80)87-78)72(81)67-65-63-61-59-57-55-53-51-49-47-45-43-41-30-28-26-24-22-20-18-16-14-12-10-8-6-4-2/h15,17,21,23,65,67,71-73,75-78,80-81,83-85H,3-14,16,18-20,22,24-64,66,68-70H2,1-2H3,(H,79,82)/b17-15-,23-21-,67-65+. The predicted molar refractivity (Wildman–Crippen MR) is 373 cm³/mol. The second-order valence-electron chi connectivity index (χ2n) is 27.2. The van der Waals surface area contributed by atoms with Crippen molar-refractivity contribution in [2.45, 2.75) is 442 Å². The Bertz CT molecular complexity index is 1470. The first-order chi connectivity index (χ1) is 42.8. The summed E-state index contributed by atoms with van der Waals surface area (Å²) in [5, 5.41) is 54.9. The molecule has 6 N–H and O–H groups in total. The summed E-state index contributed by atoms with van der Waals surface area (Å²) in [7, 11) is 0. The lowest BCUT2D eigenvalue weighted by atomic mass is 9.99. The van der Waals surface area contributed by atoms with E-state index in [4.69, 9.17) is 9.47 Å². The highest BCUT2D eigenvalue weighted by Gasteiger charge is 2.44. The molecule has 7 atom stereocenters. The van der Waals surface area contributed by atoms with Gasteiger partial charge < -0.3 is 40.3 Å². The van der Waals surface area contributed by atoms with Crippen LogP contribution in [0.1, 0.15) is 399 Å². The summed E-state index contributed by atoms with van der Waals surface area (Å²) in [4.78, 5) is 13.2. The van der Waals surface area contributed by atoms with Gasteiger partial charge in [0.15, 0.2) is 6.29 Å². The monoisotopic (exact) mass is 1230 g/mol. The summed E-state index contributed by atoms with van der Waals surface area (Å²) in [6.07, 6.45) is 84.3. The maximum absolute atomic E-state index is 13.2. The molecule has 1 aliphatic rings. The molecule has 0 saturated carbocycles. The summed E-state index contributed by atoms with van der Waals surface area (Å²) < 4.78 is 11.3. The fourth-order valence-corrected chi connectivity index (χ4v) is 12.7. The minimum absolute atomic E-state index is 0.167. The number of allylic oxidation sites excluding steroid dienone is 5. The van der Waals surface area contributed by atoms with Gasteiger partial charge in [-0.1, -0.05) is 378 Å². The average Bonchev–Trinajstić information content (AvgIpc) is 3.37. The zero-order valence-electron chi connectivity index (χ0n) is 57.8. The van der Waals surface area contributed by atoms with Crippen LogP contribution in [0.2, 0.25) is 0 Å². The first-order valence-corrected chi connectivity index (χ1v) is 38.7. The SMILES string of the molecule is CCCCCCC/C=C\C/C=C\CCCCCCCCCCCCCCCCCCCCCCCCCCCC(=O)NC(COC1OC(CO)C(O)C(O)C1O)C(O)/C=C/CCCCCCCCCCCCCCCCCCCCCCCCCCC. The zero-order valence-corrected chi connectivity index (χ0v) is 57.8. The van der Waals surface area contributed by atoms with E-state index >= 15 is 0 Å². The highest BCUT2D eigenvalue weighted by atomic mass is 16.7. The van der Waals surface area contributed by atoms with Crippen LogP contribution in [0.3, 0.4) is 0 Å². The summed E-state index contributed by atoms with van der Waals surface area (Å²) in [5.41, 5.74) is 0. The number of ether oxygens (including phenoxy) is 2. The average molecular weight is 1230 g/mol. The van der Waals surface area contributed by atoms with Crippen molar-refractivity contribution >= 4 is 5.91 Å². The van der Waals surface area contributed by atoms with Crippen LogP contribution in [-0.4, -0.2) is 87.5 Å². The van der Waals surface area contributed by atoms with Crippen molar-refractivity contribution in [2.24, 2.45) is 0 Å². The molecular formula is C78H149NO8. The first kappa shape index (κ1) is 83.4. The van der Waals surface area contributed by atoms with Crippen LogP contribution in [0.25, 0.3) is 0 Å². The third-order valence-corrected chi connectivity index (χ3v) is 18.7. The van der Waals surface area contributed by atoms with Crippen LogP contribution in [-0.2, 0) is 14.3 Å². The van der Waals surface area contributed by atoms with Crippen molar-refractivity contribution in [3.63, 3.8) is 0 Å². The quantitative estimate of drug-likeness (QED) is 0.0261. The number of carbonyl (C=O) groups is 1. The van der Waals surface area contributed by atoms with Crippen molar-refractivity contribution in [1.29, 1.82) is 0 Å². The minimum atomic E-state index is -1.57. The van der Waals surface area contributed by atoms with Gasteiger partial charge in [-0.3, -0.25) is 4.79 Å². The van der Waals surface area contributed by atoms with Crippen LogP contribution >= 0.6 is 0 Å². The molecule has 0 aliphatic carbocycles. The van der Waals surface area contributed by atoms with Gasteiger partial charge in [-0.25, -0.2) is 0 Å². The van der Waals surface area contributed by atoms with Gasteiger partial charge in [0.25, 0.3) is 0 Å². The summed E-state index contributed by atoms with van der Waals surface area (Å²) in [6.45, 7) is 3.83. The number of aliphatic hydroxyl groups excluding tert-OH is 5. The molecule has 0 radical (unpaired) electrons. The van der Waals surface area contributed by atoms with E-state index in [1.165, 1.54) is 334 Å². The topological polar surface area (TPSA) is 149 Å². The molecule has 0 aromatic rings. The summed E-state index contributed by atoms with van der Waals surface area (Å²) >= 11 is 0. The maximum atomic E-state index is 13.2. The van der Waals surface area contributed by atoms with E-state index in [2.05, 4.69) is 43.5 Å². The zero-order chi connectivity index (χ0) is 62.8. The number of aliphatic hydroxyl groups is 5. The molecule has 1 aliphatic heterocycles. The highest BCUT2D eigenvalue weighted by molar-refractivity contribution is 5.76. The van der Waals surface area contributed by atoms with Crippen LogP contribution in [0.5, 0.6) is 0 Å². The van der Waals surface area contributed by atoms with E-state index in [9.17, 15) is 30.3 Å². The highest BCUT2D eigenvalue weighted by Crippen LogP contribution is 2.24. The third kappa shape index (κ3) is 55.7. The number of hydrogen-bond acceptors (Lipinski definition) is 8. The normalized spacial score (nSPS) is 18.1. The molecular weight excluding hydrogens is 1080 g/mol. The van der Waals surface area contributed by atoms with E-state index in [-0.39, 0.29) is 12.5 Å². The molecule has 7 unspecified atom stereocenters. The van der Waals surface area contributed by atoms with Gasteiger partial charge in [0.1, 0.15) is 24.4 Å². The third-order valence-electron chi connectivity index (χ3n) is 18.7. The molecule has 1 rings (SSSR count). The van der Waals surface area contributed by atoms with E-state index in [0.717, 1.165) is 44.9 Å². The molecule has 1 fully saturated rings. The number of hydrogen-bond donors (Lipinski definition) is 6. The fourth-order valence-electron chi connectivity index (χ4n) is 12.7. The Kier molecular flexibility index (Phi) is 64.5. The molecule has 514 valence electrons. The van der Waals surface area contributed by atoms with Crippen molar-refractivity contribution in [3.05, 3.63) is 36.5 Å². The Hall–Kier alpha value is -1.59. The van der Waals surface area contributed by atoms with Crippen molar-refractivity contribution < 1.29 is 39.8 Å². The maximum Gasteiger partial charge on any atom is 0.220 e. The van der Waals surface area contributed by atoms with Gasteiger partial charge in [0.2, 0.25) is 5.91 Å². The van der Waals surface area contributed by atoms with Gasteiger partial charge in [0, 0.05) is 6.42 Å². The number of unbranched alkanes of at least 4 members (excludes halogenated alkanes) is 55. The molecule has 1 amide bonds. The van der Waals surface area contributed by atoms with Crippen LogP contribution in [0.15, 0.2) is 36.5 Å². The second kappa shape index (κ2) is 67.3. The smallest absolute Gasteiger partial charge is 0.220 e. The lowest BCUT2D eigenvalue weighted by Gasteiger charge is -2.40. The molecule has 0 aromatic carbocycles. The molecule has 9 heteroatoms. The Morgan fingerprint density at radius 2 is 0.678 bits per heavy atom. The van der Waals surface area contributed by atoms with E-state index in [0.29, 0.717) is 6.42 Å². The largest absolute Gasteiger partial charge is 0.394 e. The fraction of sp³-hybridized carbons (Fsp3) is 0.910. The van der Waals surface area contributed by atoms with E-state index in [1.54, 1.807) is 6.08 Å². The van der Waals surface area contributed by atoms with Crippen molar-refractivity contribution in [1.82, 2.24) is 5.32 Å². The second-order valence-corrected chi connectivity index (χ2v) is 27.2. The van der Waals surface area contributed by atoms with Crippen LogP contribution < -0.4 is 5.32 Å². The van der Waals surface area contributed by atoms with Gasteiger partial charge in [-0.05, 0) is 51.4 Å². The van der Waals surface area contributed by atoms with E-state index < -0.39 is 49.5 Å². The summed E-state index contributed by atoms with van der Waals surface area (Å²) in [6, 6.07) is -0.805. The van der Waals surface area contributed by atoms with Gasteiger partial charge >= 0.3 is 0 Å². The molecule has 0 bridgehead atoms. The van der Waals surface area contributed by atoms with Crippen LogP contribution in [0, 0.1) is 0 Å². The van der Waals surface area contributed by atoms with Crippen molar-refractivity contribution in [2.75, 3.05) is 13.2 Å². The number of carbonyl (C=O) groups excluding carboxylic acids is 1. The number of rotatable bonds is 69. The lowest BCUT2D eigenvalue weighted by Crippen LogP contribution is -2.60. The van der Waals surface area contributed by atoms with E-state index in [1.807, 2.05) is 6.08 Å². The molecule has 9 nitrogen and oxygen atoms in total. The lowest BCUT2D eigenvalue weighted by molar-refractivity contribution is -0.302. The molecule has 0 spiro atoms. The number of amides is 1. The predicted octanol–water partition coefficient (Wildman–Crippen LogP) is 21.8. The Morgan fingerprint density at radius 1 is 0.391 bits per heavy atom. The Morgan fingerprint density at radius 3 is 0.989 bits per heavy atom. The number of nitrogens with one attached hydrogen (secondary N) is 1. The Labute approximate surface area is 540 Å². The minimum Gasteiger partial charge on any atom is -0.394 e. The van der Waals surface area contributed by atoms with Crippen LogP contribution in [0.4, 0.5) is 0 Å². The van der Waals surface area contributed by atoms with Gasteiger partial charge in [0.05, 0.1) is 25.4 Å².